The molecule has 1 atom stereocenters. The van der Waals surface area contributed by atoms with Gasteiger partial charge in [-0.15, -0.1) is 0 Å². The molecule has 1 aromatic carbocycles. The van der Waals surface area contributed by atoms with E-state index < -0.39 is 0 Å². The zero-order valence-corrected chi connectivity index (χ0v) is 12.2. The summed E-state index contributed by atoms with van der Waals surface area (Å²) < 4.78 is 24.5. The largest absolute Gasteiger partial charge is 0.496 e. The van der Waals surface area contributed by atoms with Crippen LogP contribution in [0.2, 0.25) is 0 Å². The van der Waals surface area contributed by atoms with Crippen LogP contribution < -0.4 is 10.1 Å². The molecular weight excluding hydrogens is 259 g/mol. The van der Waals surface area contributed by atoms with Crippen LogP contribution in [0.5, 0.6) is 5.75 Å². The van der Waals surface area contributed by atoms with Crippen molar-refractivity contribution < 1.29 is 13.9 Å². The van der Waals surface area contributed by atoms with E-state index in [1.54, 1.807) is 19.2 Å². The van der Waals surface area contributed by atoms with Crippen molar-refractivity contribution in [1.82, 2.24) is 10.2 Å². The average molecular weight is 282 g/mol. The van der Waals surface area contributed by atoms with Crippen LogP contribution >= 0.6 is 0 Å². The number of hydrogen-bond acceptors (Lipinski definition) is 4. The van der Waals surface area contributed by atoms with Gasteiger partial charge in [-0.25, -0.2) is 4.39 Å². The van der Waals surface area contributed by atoms with Crippen molar-refractivity contribution in [1.29, 1.82) is 0 Å². The Bertz CT molecular complexity index is 422. The lowest BCUT2D eigenvalue weighted by atomic mass is 10.1. The number of nitrogens with one attached hydrogen (secondary N) is 1. The summed E-state index contributed by atoms with van der Waals surface area (Å²) in [5.41, 5.74) is 0.594. The van der Waals surface area contributed by atoms with Gasteiger partial charge in [0.05, 0.1) is 20.3 Å². The van der Waals surface area contributed by atoms with E-state index in [-0.39, 0.29) is 11.9 Å². The predicted molar refractivity (Wildman–Crippen MR) is 76.6 cm³/mol. The van der Waals surface area contributed by atoms with E-state index in [2.05, 4.69) is 10.2 Å². The highest BCUT2D eigenvalue weighted by Crippen LogP contribution is 2.27. The second-order valence-electron chi connectivity index (χ2n) is 4.99. The molecule has 1 aliphatic rings. The fourth-order valence-corrected chi connectivity index (χ4v) is 2.48. The predicted octanol–water partition coefficient (Wildman–Crippen LogP) is 1.82. The Kier molecular flexibility index (Phi) is 5.76. The minimum absolute atomic E-state index is 0.0767. The number of rotatable bonds is 6. The van der Waals surface area contributed by atoms with Gasteiger partial charge >= 0.3 is 0 Å². The number of ether oxygens (including phenoxy) is 2. The van der Waals surface area contributed by atoms with Crippen molar-refractivity contribution in [3.8, 4) is 5.75 Å². The van der Waals surface area contributed by atoms with E-state index in [9.17, 15) is 4.39 Å². The molecule has 112 valence electrons. The first kappa shape index (κ1) is 15.2. The molecule has 0 spiro atoms. The summed E-state index contributed by atoms with van der Waals surface area (Å²) in [5.74, 6) is 0.368. The molecule has 1 aromatic rings. The molecule has 4 nitrogen and oxygen atoms in total. The minimum Gasteiger partial charge on any atom is -0.496 e. The van der Waals surface area contributed by atoms with Crippen LogP contribution in [0.25, 0.3) is 0 Å². The average Bonchev–Trinajstić information content (AvgIpc) is 2.47. The number of methoxy groups -OCH3 is 1. The standard InChI is InChI=1S/C15H23FN2O2/c1-12(15-13(16)4-3-5-14(15)19-2)17-6-7-18-8-10-20-11-9-18/h3-5,12,17H,6-11H2,1-2H3. The van der Waals surface area contributed by atoms with Crippen molar-refractivity contribution in [3.63, 3.8) is 0 Å². The highest BCUT2D eigenvalue weighted by molar-refractivity contribution is 5.36. The van der Waals surface area contributed by atoms with Gasteiger partial charge < -0.3 is 14.8 Å². The fourth-order valence-electron chi connectivity index (χ4n) is 2.48. The molecule has 1 fully saturated rings. The smallest absolute Gasteiger partial charge is 0.131 e. The first-order valence-electron chi connectivity index (χ1n) is 7.08. The van der Waals surface area contributed by atoms with Crippen LogP contribution in [0.3, 0.4) is 0 Å². The van der Waals surface area contributed by atoms with Gasteiger partial charge in [0.2, 0.25) is 0 Å². The molecule has 0 radical (unpaired) electrons. The molecule has 20 heavy (non-hydrogen) atoms. The first-order chi connectivity index (χ1) is 9.72. The molecule has 1 aliphatic heterocycles. The van der Waals surface area contributed by atoms with Gasteiger partial charge in [-0.2, -0.15) is 0 Å². The summed E-state index contributed by atoms with van der Waals surface area (Å²) in [6.07, 6.45) is 0. The third-order valence-electron chi connectivity index (χ3n) is 3.65. The lowest BCUT2D eigenvalue weighted by Gasteiger charge is -2.27. The maximum Gasteiger partial charge on any atom is 0.131 e. The normalized spacial score (nSPS) is 17.9. The molecule has 2 rings (SSSR count). The van der Waals surface area contributed by atoms with Crippen molar-refractivity contribution >= 4 is 0 Å². The third-order valence-corrected chi connectivity index (χ3v) is 3.65. The zero-order chi connectivity index (χ0) is 14.4. The SMILES string of the molecule is COc1cccc(F)c1C(C)NCCN1CCOCC1. The van der Waals surface area contributed by atoms with Gasteiger partial charge in [0.15, 0.2) is 0 Å². The van der Waals surface area contributed by atoms with Crippen LogP contribution in [0.1, 0.15) is 18.5 Å². The molecule has 1 heterocycles. The van der Waals surface area contributed by atoms with Crippen LogP contribution in [-0.2, 0) is 4.74 Å². The molecule has 0 amide bonds. The monoisotopic (exact) mass is 282 g/mol. The summed E-state index contributed by atoms with van der Waals surface area (Å²) in [6, 6.07) is 4.85. The third kappa shape index (κ3) is 3.91. The maximum absolute atomic E-state index is 13.9. The molecule has 0 aliphatic carbocycles. The van der Waals surface area contributed by atoms with Crippen molar-refractivity contribution in [3.05, 3.63) is 29.6 Å². The first-order valence-corrected chi connectivity index (χ1v) is 7.08. The van der Waals surface area contributed by atoms with Crippen LogP contribution in [0, 0.1) is 5.82 Å². The number of halogens is 1. The molecule has 0 aromatic heterocycles. The van der Waals surface area contributed by atoms with E-state index in [0.29, 0.717) is 11.3 Å². The van der Waals surface area contributed by atoms with Crippen molar-refractivity contribution in [2.24, 2.45) is 0 Å². The Morgan fingerprint density at radius 2 is 2.15 bits per heavy atom. The van der Waals surface area contributed by atoms with Gasteiger partial charge in [-0.05, 0) is 19.1 Å². The van der Waals surface area contributed by atoms with Crippen LogP contribution in [0.4, 0.5) is 4.39 Å². The summed E-state index contributed by atoms with van der Waals surface area (Å²) in [7, 11) is 1.57. The summed E-state index contributed by atoms with van der Waals surface area (Å²) >= 11 is 0. The number of benzene rings is 1. The van der Waals surface area contributed by atoms with Crippen LogP contribution in [0.15, 0.2) is 18.2 Å². The van der Waals surface area contributed by atoms with Crippen molar-refractivity contribution in [2.75, 3.05) is 46.5 Å². The van der Waals surface area contributed by atoms with Gasteiger partial charge in [0.25, 0.3) is 0 Å². The van der Waals surface area contributed by atoms with Gasteiger partial charge in [-0.1, -0.05) is 6.07 Å². The highest BCUT2D eigenvalue weighted by atomic mass is 19.1. The number of morpholine rings is 1. The molecule has 1 saturated heterocycles. The lowest BCUT2D eigenvalue weighted by Crippen LogP contribution is -2.40. The Balaban J connectivity index is 1.86. The van der Waals surface area contributed by atoms with E-state index >= 15 is 0 Å². The van der Waals surface area contributed by atoms with Gasteiger partial charge in [0.1, 0.15) is 11.6 Å². The van der Waals surface area contributed by atoms with E-state index in [1.807, 2.05) is 6.92 Å². The molecule has 1 N–H and O–H groups in total. The fraction of sp³-hybridized carbons (Fsp3) is 0.600. The van der Waals surface area contributed by atoms with Gasteiger partial charge in [0, 0.05) is 37.8 Å². The summed E-state index contributed by atoms with van der Waals surface area (Å²) in [6.45, 7) is 7.27. The number of hydrogen-bond donors (Lipinski definition) is 1. The maximum atomic E-state index is 13.9. The quantitative estimate of drug-likeness (QED) is 0.863. The Morgan fingerprint density at radius 3 is 2.85 bits per heavy atom. The molecular formula is C15H23FN2O2. The van der Waals surface area contributed by atoms with E-state index in [1.165, 1.54) is 6.07 Å². The molecule has 5 heteroatoms. The number of nitrogens with zero attached hydrogens (tertiary/aromatic N) is 1. The van der Waals surface area contributed by atoms with Crippen molar-refractivity contribution in [2.45, 2.75) is 13.0 Å². The van der Waals surface area contributed by atoms with E-state index in [4.69, 9.17) is 9.47 Å². The molecule has 1 unspecified atom stereocenters. The van der Waals surface area contributed by atoms with Crippen LogP contribution in [-0.4, -0.2) is 51.4 Å². The Morgan fingerprint density at radius 1 is 1.40 bits per heavy atom. The second kappa shape index (κ2) is 7.57. The van der Waals surface area contributed by atoms with Gasteiger partial charge in [-0.3, -0.25) is 4.90 Å². The zero-order valence-electron chi connectivity index (χ0n) is 12.2. The van der Waals surface area contributed by atoms with E-state index in [0.717, 1.165) is 39.4 Å². The minimum atomic E-state index is -0.226. The Hall–Kier alpha value is -1.17. The molecule has 0 bridgehead atoms. The topological polar surface area (TPSA) is 33.7 Å². The second-order valence-corrected chi connectivity index (χ2v) is 4.99. The molecule has 0 saturated carbocycles. The highest BCUT2D eigenvalue weighted by Gasteiger charge is 2.16. The Labute approximate surface area is 119 Å². The lowest BCUT2D eigenvalue weighted by molar-refractivity contribution is 0.0381. The summed E-state index contributed by atoms with van der Waals surface area (Å²) in [4.78, 5) is 2.35. The summed E-state index contributed by atoms with van der Waals surface area (Å²) in [5, 5.41) is 3.36.